The number of hydrogen-bond donors (Lipinski definition) is 1. The highest BCUT2D eigenvalue weighted by Crippen LogP contribution is 2.41. The molecule has 1 aliphatic heterocycles. The van der Waals surface area contributed by atoms with Crippen molar-refractivity contribution in [2.75, 3.05) is 0 Å². The molecule has 5 nitrogen and oxygen atoms in total. The van der Waals surface area contributed by atoms with Gasteiger partial charge in [0.1, 0.15) is 5.76 Å². The molecule has 5 rings (SSSR count). The maximum atomic E-state index is 5.77. The lowest BCUT2D eigenvalue weighted by Crippen LogP contribution is -2.30. The molecule has 4 aromatic rings. The average molecular weight is 415 g/mol. The topological polar surface area (TPSA) is 46.2 Å². The number of thiocarbonyl (C=S) groups is 1. The molecule has 6 heteroatoms. The van der Waals surface area contributed by atoms with Crippen LogP contribution in [0.5, 0.6) is 0 Å². The monoisotopic (exact) mass is 414 g/mol. The van der Waals surface area contributed by atoms with E-state index in [1.54, 1.807) is 6.26 Å². The minimum absolute atomic E-state index is 0.0357. The lowest BCUT2D eigenvalue weighted by Gasteiger charge is -2.28. The van der Waals surface area contributed by atoms with Crippen molar-refractivity contribution >= 4 is 17.3 Å². The predicted molar refractivity (Wildman–Crippen MR) is 120 cm³/mol. The van der Waals surface area contributed by atoms with E-state index >= 15 is 0 Å². The zero-order chi connectivity index (χ0) is 20.5. The maximum Gasteiger partial charge on any atom is 0.170 e. The molecule has 1 aliphatic rings. The molecule has 0 aliphatic carbocycles. The fourth-order valence-electron chi connectivity index (χ4n) is 4.19. The van der Waals surface area contributed by atoms with Crippen molar-refractivity contribution in [3.05, 3.63) is 108 Å². The Kier molecular flexibility index (Phi) is 4.85. The van der Waals surface area contributed by atoms with Crippen molar-refractivity contribution in [3.8, 4) is 5.69 Å². The van der Waals surface area contributed by atoms with Gasteiger partial charge in [-0.3, -0.25) is 4.98 Å². The first-order valence-corrected chi connectivity index (χ1v) is 10.4. The lowest BCUT2D eigenvalue weighted by molar-refractivity contribution is 0.280. The number of benzene rings is 1. The smallest absolute Gasteiger partial charge is 0.170 e. The zero-order valence-electron chi connectivity index (χ0n) is 16.6. The molecule has 4 heterocycles. The van der Waals surface area contributed by atoms with E-state index in [1.165, 1.54) is 5.69 Å². The number of aryl methyl sites for hydroxylation is 1. The molecule has 0 bridgehead atoms. The van der Waals surface area contributed by atoms with Crippen molar-refractivity contribution in [2.24, 2.45) is 0 Å². The van der Waals surface area contributed by atoms with Crippen LogP contribution in [0.1, 0.15) is 34.9 Å². The van der Waals surface area contributed by atoms with Gasteiger partial charge in [-0.1, -0.05) is 24.3 Å². The summed E-state index contributed by atoms with van der Waals surface area (Å²) in [7, 11) is 0. The maximum absolute atomic E-state index is 5.77. The third-order valence-corrected chi connectivity index (χ3v) is 5.88. The van der Waals surface area contributed by atoms with Crippen LogP contribution < -0.4 is 5.32 Å². The van der Waals surface area contributed by atoms with Gasteiger partial charge in [0.25, 0.3) is 0 Å². The summed E-state index contributed by atoms with van der Waals surface area (Å²) in [6, 6.07) is 24.5. The van der Waals surface area contributed by atoms with Crippen LogP contribution in [0.25, 0.3) is 5.69 Å². The molecule has 2 unspecified atom stereocenters. The van der Waals surface area contributed by atoms with Crippen molar-refractivity contribution < 1.29 is 4.42 Å². The number of nitrogens with zero attached hydrogens (tertiary/aromatic N) is 3. The van der Waals surface area contributed by atoms with Gasteiger partial charge >= 0.3 is 0 Å². The van der Waals surface area contributed by atoms with Crippen LogP contribution in [-0.4, -0.2) is 19.6 Å². The lowest BCUT2D eigenvalue weighted by atomic mass is 10.0. The van der Waals surface area contributed by atoms with Gasteiger partial charge < -0.3 is 19.2 Å². The first-order valence-electron chi connectivity index (χ1n) is 9.96. The largest absolute Gasteiger partial charge is 0.467 e. The second-order valence-corrected chi connectivity index (χ2v) is 7.79. The van der Waals surface area contributed by atoms with Crippen molar-refractivity contribution in [2.45, 2.75) is 25.6 Å². The highest BCUT2D eigenvalue weighted by atomic mass is 32.1. The molecule has 0 amide bonds. The molecule has 30 heavy (non-hydrogen) atoms. The minimum Gasteiger partial charge on any atom is -0.467 e. The summed E-state index contributed by atoms with van der Waals surface area (Å²) >= 11 is 5.77. The van der Waals surface area contributed by atoms with Gasteiger partial charge in [-0.25, -0.2) is 0 Å². The molecular formula is C24H22N4OS. The highest BCUT2D eigenvalue weighted by molar-refractivity contribution is 7.80. The van der Waals surface area contributed by atoms with Crippen LogP contribution >= 0.6 is 12.2 Å². The summed E-state index contributed by atoms with van der Waals surface area (Å²) in [6.07, 6.45) is 3.53. The van der Waals surface area contributed by atoms with Gasteiger partial charge in [0.15, 0.2) is 5.11 Å². The first kappa shape index (κ1) is 18.6. The molecular weight excluding hydrogens is 392 g/mol. The average Bonchev–Trinajstić information content (AvgIpc) is 3.50. The summed E-state index contributed by atoms with van der Waals surface area (Å²) in [6.45, 7) is 2.72. The van der Waals surface area contributed by atoms with E-state index < -0.39 is 0 Å². The van der Waals surface area contributed by atoms with Crippen molar-refractivity contribution in [1.82, 2.24) is 19.8 Å². The molecule has 0 radical (unpaired) electrons. The Balaban J connectivity index is 1.64. The van der Waals surface area contributed by atoms with Crippen LogP contribution in [0.3, 0.4) is 0 Å². The third-order valence-electron chi connectivity index (χ3n) is 5.53. The van der Waals surface area contributed by atoms with Crippen LogP contribution in [0, 0.1) is 6.92 Å². The molecule has 1 N–H and O–H groups in total. The molecule has 1 fully saturated rings. The molecule has 1 saturated heterocycles. The van der Waals surface area contributed by atoms with E-state index in [0.717, 1.165) is 22.8 Å². The zero-order valence-corrected chi connectivity index (χ0v) is 17.4. The Bertz CT molecular complexity index is 1140. The second-order valence-electron chi connectivity index (χ2n) is 7.40. The number of aromatic nitrogens is 2. The number of nitrogens with one attached hydrogen (secondary N) is 1. The molecule has 2 atom stereocenters. The van der Waals surface area contributed by atoms with Gasteiger partial charge in [0, 0.05) is 23.3 Å². The second kappa shape index (κ2) is 7.80. The van der Waals surface area contributed by atoms with Crippen molar-refractivity contribution in [3.63, 3.8) is 0 Å². The summed E-state index contributed by atoms with van der Waals surface area (Å²) in [5.74, 6) is 0.875. The molecule has 150 valence electrons. The molecule has 0 spiro atoms. The number of hydrogen-bond acceptors (Lipinski definition) is 3. The number of para-hydroxylation sites is 1. The fourth-order valence-corrected chi connectivity index (χ4v) is 4.49. The summed E-state index contributed by atoms with van der Waals surface area (Å²) < 4.78 is 7.93. The Hall–Kier alpha value is -3.38. The van der Waals surface area contributed by atoms with Gasteiger partial charge in [0.2, 0.25) is 0 Å². The summed E-state index contributed by atoms with van der Waals surface area (Å²) in [5, 5.41) is 4.21. The van der Waals surface area contributed by atoms with E-state index in [0.29, 0.717) is 11.7 Å². The Morgan fingerprint density at radius 1 is 1.00 bits per heavy atom. The minimum atomic E-state index is -0.0644. The molecule has 3 aromatic heterocycles. The third kappa shape index (κ3) is 3.29. The summed E-state index contributed by atoms with van der Waals surface area (Å²) in [5.41, 5.74) is 4.43. The number of pyridine rings is 1. The standard InChI is InChI=1S/C24H22N4OS/c1-17-12-13-21(28(17)18-8-3-2-4-9-18)23-22(20-11-5-6-14-25-20)26-24(30)27(23)16-19-10-7-15-29-19/h2-15,22-23H,16H2,1H3,(H,26,30). The Morgan fingerprint density at radius 2 is 1.83 bits per heavy atom. The van der Waals surface area contributed by atoms with Crippen LogP contribution in [0.15, 0.2) is 89.7 Å². The van der Waals surface area contributed by atoms with Gasteiger partial charge in [-0.15, -0.1) is 0 Å². The fraction of sp³-hybridized carbons (Fsp3) is 0.167. The van der Waals surface area contributed by atoms with Gasteiger partial charge in [0.05, 0.1) is 30.6 Å². The van der Waals surface area contributed by atoms with E-state index in [9.17, 15) is 0 Å². The first-order chi connectivity index (χ1) is 14.7. The van der Waals surface area contributed by atoms with E-state index in [-0.39, 0.29) is 12.1 Å². The Labute approximate surface area is 181 Å². The van der Waals surface area contributed by atoms with E-state index in [4.69, 9.17) is 16.6 Å². The van der Waals surface area contributed by atoms with E-state index in [1.807, 2.05) is 42.6 Å². The molecule has 0 saturated carbocycles. The number of rotatable bonds is 5. The van der Waals surface area contributed by atoms with Gasteiger partial charge in [-0.2, -0.15) is 0 Å². The SMILES string of the molecule is Cc1ccc(C2C(c3ccccn3)NC(=S)N2Cc2ccco2)n1-c1ccccc1. The van der Waals surface area contributed by atoms with Crippen molar-refractivity contribution in [1.29, 1.82) is 0 Å². The Morgan fingerprint density at radius 3 is 2.57 bits per heavy atom. The van der Waals surface area contributed by atoms with Crippen LogP contribution in [0.2, 0.25) is 0 Å². The number of furan rings is 1. The summed E-state index contributed by atoms with van der Waals surface area (Å²) in [4.78, 5) is 6.83. The highest BCUT2D eigenvalue weighted by Gasteiger charge is 2.41. The van der Waals surface area contributed by atoms with Crippen LogP contribution in [-0.2, 0) is 6.54 Å². The molecule has 1 aromatic carbocycles. The quantitative estimate of drug-likeness (QED) is 0.469. The predicted octanol–water partition coefficient (Wildman–Crippen LogP) is 4.95. The van der Waals surface area contributed by atoms with Crippen LogP contribution in [0.4, 0.5) is 0 Å². The van der Waals surface area contributed by atoms with Gasteiger partial charge in [-0.05, 0) is 67.7 Å². The normalized spacial score (nSPS) is 18.6. The van der Waals surface area contributed by atoms with E-state index in [2.05, 4.69) is 63.1 Å².